The Morgan fingerprint density at radius 1 is 1.43 bits per heavy atom. The number of nitrogens with one attached hydrogen (secondary N) is 1. The van der Waals surface area contributed by atoms with Crippen molar-refractivity contribution in [3.63, 3.8) is 0 Å². The summed E-state index contributed by atoms with van der Waals surface area (Å²) in [4.78, 5) is 2.13. The summed E-state index contributed by atoms with van der Waals surface area (Å²) in [6.45, 7) is 4.21. The third-order valence-corrected chi connectivity index (χ3v) is 2.78. The van der Waals surface area contributed by atoms with E-state index in [4.69, 9.17) is 4.74 Å². The van der Waals surface area contributed by atoms with E-state index < -0.39 is 5.60 Å². The zero-order valence-corrected chi connectivity index (χ0v) is 9.25. The first-order valence-electron chi connectivity index (χ1n) is 5.27. The van der Waals surface area contributed by atoms with Crippen molar-refractivity contribution in [1.82, 2.24) is 10.2 Å². The van der Waals surface area contributed by atoms with E-state index in [1.54, 1.807) is 7.11 Å². The molecule has 4 heteroatoms. The highest BCUT2D eigenvalue weighted by molar-refractivity contribution is 4.86. The van der Waals surface area contributed by atoms with Crippen molar-refractivity contribution in [2.45, 2.75) is 18.4 Å². The smallest absolute Gasteiger partial charge is 0.0798 e. The number of ether oxygens (including phenoxy) is 1. The van der Waals surface area contributed by atoms with Crippen LogP contribution < -0.4 is 5.32 Å². The molecule has 0 atom stereocenters. The number of nitrogens with zero attached hydrogens (tertiary/aromatic N) is 1. The third-order valence-electron chi connectivity index (χ3n) is 2.78. The maximum atomic E-state index is 10.2. The van der Waals surface area contributed by atoms with Gasteiger partial charge in [0.1, 0.15) is 0 Å². The van der Waals surface area contributed by atoms with Crippen LogP contribution in [0.5, 0.6) is 0 Å². The molecule has 2 N–H and O–H groups in total. The first kappa shape index (κ1) is 11.9. The molecule has 0 aliphatic carbocycles. The number of methoxy groups -OCH3 is 1. The molecule has 4 nitrogen and oxygen atoms in total. The van der Waals surface area contributed by atoms with Crippen LogP contribution in [0.3, 0.4) is 0 Å². The average Bonchev–Trinajstić information content (AvgIpc) is 2.15. The summed E-state index contributed by atoms with van der Waals surface area (Å²) in [6.07, 6.45) is 1.70. The lowest BCUT2D eigenvalue weighted by Gasteiger charge is -2.35. The summed E-state index contributed by atoms with van der Waals surface area (Å²) in [5.74, 6) is 0. The molecule has 0 amide bonds. The maximum absolute atomic E-state index is 10.2. The molecule has 84 valence electrons. The number of piperidine rings is 1. The van der Waals surface area contributed by atoms with Crippen LogP contribution in [0.2, 0.25) is 0 Å². The number of hydrogen-bond donors (Lipinski definition) is 2. The fourth-order valence-electron chi connectivity index (χ4n) is 1.88. The van der Waals surface area contributed by atoms with Gasteiger partial charge in [-0.1, -0.05) is 0 Å². The normalized spacial score (nSPS) is 21.4. The Hall–Kier alpha value is -0.160. The fraction of sp³-hybridized carbons (Fsp3) is 1.00. The highest BCUT2D eigenvalue weighted by atomic mass is 16.5. The van der Waals surface area contributed by atoms with Gasteiger partial charge in [0.15, 0.2) is 0 Å². The first-order chi connectivity index (χ1) is 6.66. The largest absolute Gasteiger partial charge is 0.388 e. The summed E-state index contributed by atoms with van der Waals surface area (Å²) in [7, 11) is 3.73. The molecule has 0 radical (unpaired) electrons. The van der Waals surface area contributed by atoms with Crippen molar-refractivity contribution in [3.8, 4) is 0 Å². The summed E-state index contributed by atoms with van der Waals surface area (Å²) >= 11 is 0. The van der Waals surface area contributed by atoms with Gasteiger partial charge in [0.2, 0.25) is 0 Å². The lowest BCUT2D eigenvalue weighted by Crippen LogP contribution is -2.49. The predicted octanol–water partition coefficient (Wildman–Crippen LogP) is -0.321. The van der Waals surface area contributed by atoms with Crippen molar-refractivity contribution < 1.29 is 9.84 Å². The Kier molecular flexibility index (Phi) is 4.81. The third kappa shape index (κ3) is 3.92. The second-order valence-electron chi connectivity index (χ2n) is 4.20. The van der Waals surface area contributed by atoms with Gasteiger partial charge in [-0.2, -0.15) is 0 Å². The Morgan fingerprint density at radius 2 is 2.07 bits per heavy atom. The molecule has 1 aliphatic heterocycles. The quantitative estimate of drug-likeness (QED) is 0.641. The van der Waals surface area contributed by atoms with Crippen molar-refractivity contribution in [3.05, 3.63) is 0 Å². The van der Waals surface area contributed by atoms with Gasteiger partial charge in [-0.15, -0.1) is 0 Å². The van der Waals surface area contributed by atoms with Gasteiger partial charge in [-0.05, 0) is 33.0 Å². The summed E-state index contributed by atoms with van der Waals surface area (Å²) in [5.41, 5.74) is -0.492. The van der Waals surface area contributed by atoms with Crippen LogP contribution >= 0.6 is 0 Å². The van der Waals surface area contributed by atoms with E-state index in [9.17, 15) is 5.11 Å². The summed E-state index contributed by atoms with van der Waals surface area (Å²) in [5, 5.41) is 13.5. The van der Waals surface area contributed by atoms with E-state index in [2.05, 4.69) is 10.2 Å². The SMILES string of the molecule is COCCN(C)CC1(O)CCNCC1. The van der Waals surface area contributed by atoms with Gasteiger partial charge in [0.25, 0.3) is 0 Å². The molecule has 14 heavy (non-hydrogen) atoms. The second-order valence-corrected chi connectivity index (χ2v) is 4.20. The van der Waals surface area contributed by atoms with E-state index in [1.165, 1.54) is 0 Å². The van der Waals surface area contributed by atoms with Crippen LogP contribution in [0, 0.1) is 0 Å². The van der Waals surface area contributed by atoms with Crippen LogP contribution in [0.25, 0.3) is 0 Å². The zero-order chi connectivity index (χ0) is 10.4. The number of aliphatic hydroxyl groups is 1. The minimum atomic E-state index is -0.492. The van der Waals surface area contributed by atoms with Crippen LogP contribution in [-0.4, -0.2) is 62.6 Å². The van der Waals surface area contributed by atoms with E-state index in [1.807, 2.05) is 7.05 Å². The van der Waals surface area contributed by atoms with Crippen molar-refractivity contribution in [2.75, 3.05) is 46.9 Å². The maximum Gasteiger partial charge on any atom is 0.0798 e. The zero-order valence-electron chi connectivity index (χ0n) is 9.25. The molecule has 0 spiro atoms. The highest BCUT2D eigenvalue weighted by Crippen LogP contribution is 2.18. The molecule has 1 rings (SSSR count). The van der Waals surface area contributed by atoms with E-state index in [0.29, 0.717) is 0 Å². The standard InChI is InChI=1S/C10H22N2O2/c1-12(7-8-14-2)9-10(13)3-5-11-6-4-10/h11,13H,3-9H2,1-2H3. The number of likely N-dealkylation sites (N-methyl/N-ethyl adjacent to an activating group) is 1. The fourth-order valence-corrected chi connectivity index (χ4v) is 1.88. The second kappa shape index (κ2) is 5.66. The molecular formula is C10H22N2O2. The Balaban J connectivity index is 2.25. The van der Waals surface area contributed by atoms with Crippen LogP contribution in [0.1, 0.15) is 12.8 Å². The van der Waals surface area contributed by atoms with Gasteiger partial charge >= 0.3 is 0 Å². The Morgan fingerprint density at radius 3 is 2.64 bits per heavy atom. The topological polar surface area (TPSA) is 44.7 Å². The Labute approximate surface area is 86.2 Å². The molecular weight excluding hydrogens is 180 g/mol. The van der Waals surface area contributed by atoms with Crippen molar-refractivity contribution in [2.24, 2.45) is 0 Å². The predicted molar refractivity (Wildman–Crippen MR) is 56.4 cm³/mol. The van der Waals surface area contributed by atoms with Gasteiger partial charge in [-0.25, -0.2) is 0 Å². The molecule has 1 heterocycles. The molecule has 0 aromatic carbocycles. The minimum Gasteiger partial charge on any atom is -0.388 e. The van der Waals surface area contributed by atoms with Crippen molar-refractivity contribution in [1.29, 1.82) is 0 Å². The van der Waals surface area contributed by atoms with Crippen LogP contribution in [-0.2, 0) is 4.74 Å². The van der Waals surface area contributed by atoms with Crippen molar-refractivity contribution >= 4 is 0 Å². The lowest BCUT2D eigenvalue weighted by atomic mass is 9.92. The van der Waals surface area contributed by atoms with E-state index in [-0.39, 0.29) is 0 Å². The first-order valence-corrected chi connectivity index (χ1v) is 5.27. The van der Waals surface area contributed by atoms with Gasteiger partial charge < -0.3 is 20.1 Å². The molecule has 1 saturated heterocycles. The van der Waals surface area contributed by atoms with Gasteiger partial charge in [-0.3, -0.25) is 0 Å². The molecule has 0 saturated carbocycles. The minimum absolute atomic E-state index is 0.492. The van der Waals surface area contributed by atoms with Crippen LogP contribution in [0.4, 0.5) is 0 Å². The van der Waals surface area contributed by atoms with Crippen LogP contribution in [0.15, 0.2) is 0 Å². The molecule has 1 fully saturated rings. The molecule has 0 aromatic heterocycles. The number of rotatable bonds is 5. The van der Waals surface area contributed by atoms with Gasteiger partial charge in [0.05, 0.1) is 12.2 Å². The molecule has 0 bridgehead atoms. The average molecular weight is 202 g/mol. The summed E-state index contributed by atoms with van der Waals surface area (Å²) < 4.78 is 5.00. The summed E-state index contributed by atoms with van der Waals surface area (Å²) in [6, 6.07) is 0. The Bertz CT molecular complexity index is 158. The monoisotopic (exact) mass is 202 g/mol. The van der Waals surface area contributed by atoms with E-state index >= 15 is 0 Å². The lowest BCUT2D eigenvalue weighted by molar-refractivity contribution is -0.0187. The molecule has 0 aromatic rings. The van der Waals surface area contributed by atoms with E-state index in [0.717, 1.165) is 45.6 Å². The highest BCUT2D eigenvalue weighted by Gasteiger charge is 2.29. The number of hydrogen-bond acceptors (Lipinski definition) is 4. The van der Waals surface area contributed by atoms with Gasteiger partial charge in [0, 0.05) is 20.2 Å². The molecule has 1 aliphatic rings. The molecule has 0 unspecified atom stereocenters.